The Kier molecular flexibility index (Phi) is 4.84. The predicted molar refractivity (Wildman–Crippen MR) is 94.1 cm³/mol. The highest BCUT2D eigenvalue weighted by atomic mass is 14.1. The maximum Gasteiger partial charge on any atom is 0.0558 e. The molecule has 0 spiro atoms. The van der Waals surface area contributed by atoms with Crippen molar-refractivity contribution in [3.05, 3.63) is 102 Å². The van der Waals surface area contributed by atoms with Crippen LogP contribution in [-0.2, 0) is 0 Å². The van der Waals surface area contributed by atoms with Gasteiger partial charge in [-0.15, -0.1) is 6.42 Å². The molecule has 0 nitrogen and oxygen atoms in total. The lowest BCUT2D eigenvalue weighted by Gasteiger charge is -1.95. The van der Waals surface area contributed by atoms with Crippen LogP contribution < -0.4 is 0 Å². The first-order valence-electron chi connectivity index (χ1n) is 7.26. The zero-order chi connectivity index (χ0) is 15.9. The number of rotatable bonds is 0. The summed E-state index contributed by atoms with van der Waals surface area (Å²) in [5, 5.41) is 0. The fourth-order valence-corrected chi connectivity index (χ4v) is 2.03. The van der Waals surface area contributed by atoms with Crippen molar-refractivity contribution in [3.8, 4) is 36.0 Å². The van der Waals surface area contributed by atoms with Crippen molar-refractivity contribution in [2.24, 2.45) is 0 Å². The van der Waals surface area contributed by atoms with Gasteiger partial charge in [-0.2, -0.15) is 0 Å². The normalized spacial score (nSPS) is 13.3. The summed E-state index contributed by atoms with van der Waals surface area (Å²) >= 11 is 0. The first kappa shape index (κ1) is 15.0. The molecule has 0 unspecified atom stereocenters. The van der Waals surface area contributed by atoms with E-state index in [1.165, 1.54) is 0 Å². The van der Waals surface area contributed by atoms with Gasteiger partial charge < -0.3 is 0 Å². The zero-order valence-electron chi connectivity index (χ0n) is 12.5. The molecule has 5 radical (unpaired) electrons. The zero-order valence-corrected chi connectivity index (χ0v) is 12.5. The van der Waals surface area contributed by atoms with E-state index in [2.05, 4.69) is 29.6 Å². The Morgan fingerprint density at radius 1 is 0.522 bits per heavy atom. The van der Waals surface area contributed by atoms with Crippen LogP contribution in [0.25, 0.3) is 0 Å². The second kappa shape index (κ2) is 7.40. The Morgan fingerprint density at radius 3 is 1.35 bits per heavy atom. The van der Waals surface area contributed by atoms with Crippen molar-refractivity contribution >= 4 is 0 Å². The Bertz CT molecular complexity index is 816. The van der Waals surface area contributed by atoms with E-state index < -0.39 is 0 Å². The minimum absolute atomic E-state index is 0.864. The van der Waals surface area contributed by atoms with Crippen LogP contribution in [0.15, 0.2) is 48.5 Å². The topological polar surface area (TPSA) is 0 Å². The highest BCUT2D eigenvalue weighted by molar-refractivity contribution is 5.51. The van der Waals surface area contributed by atoms with E-state index in [4.69, 9.17) is 6.42 Å². The van der Waals surface area contributed by atoms with Crippen molar-refractivity contribution in [2.45, 2.75) is 0 Å². The van der Waals surface area contributed by atoms with Gasteiger partial charge in [0.2, 0.25) is 0 Å². The molecule has 0 bridgehead atoms. The van der Waals surface area contributed by atoms with Crippen LogP contribution in [-0.4, -0.2) is 0 Å². The monoisotopic (exact) mass is 289 g/mol. The smallest absolute Gasteiger partial charge is 0.0558 e. The summed E-state index contributed by atoms with van der Waals surface area (Å²) in [6, 6.07) is 15.6. The van der Waals surface area contributed by atoms with Crippen molar-refractivity contribution in [1.29, 1.82) is 0 Å². The second-order valence-corrected chi connectivity index (χ2v) is 4.97. The largest absolute Gasteiger partial charge is 0.115 e. The average Bonchev–Trinajstić information content (AvgIpc) is 3.13. The summed E-state index contributed by atoms with van der Waals surface area (Å²) in [6.07, 6.45) is 13.3. The van der Waals surface area contributed by atoms with Gasteiger partial charge in [0, 0.05) is 22.3 Å². The molecule has 0 atom stereocenters. The molecule has 0 saturated heterocycles. The summed E-state index contributed by atoms with van der Waals surface area (Å²) in [7, 11) is 0. The number of hydrogen-bond donors (Lipinski definition) is 0. The molecule has 0 amide bonds. The van der Waals surface area contributed by atoms with E-state index in [0.717, 1.165) is 28.2 Å². The summed E-state index contributed by atoms with van der Waals surface area (Å²) in [5.74, 6) is 16.2. The molecule has 1 aliphatic carbocycles. The van der Waals surface area contributed by atoms with E-state index in [0.29, 0.717) is 0 Å². The fraction of sp³-hybridized carbons (Fsp3) is 0. The summed E-state index contributed by atoms with van der Waals surface area (Å²) in [6.45, 7) is 0. The molecule has 0 heterocycles. The SMILES string of the molecule is C#Cc1ccc(C#Cc2ccc(C#C[C]3[CH][CH][CH][CH]3)cc2)cc1. The van der Waals surface area contributed by atoms with Crippen molar-refractivity contribution in [3.63, 3.8) is 0 Å². The maximum atomic E-state index is 5.34. The predicted octanol–water partition coefficient (Wildman–Crippen LogP) is 3.82. The number of hydrogen-bond acceptors (Lipinski definition) is 0. The molecule has 0 N–H and O–H groups in total. The van der Waals surface area contributed by atoms with E-state index >= 15 is 0 Å². The Morgan fingerprint density at radius 2 is 0.913 bits per heavy atom. The molecule has 2 aromatic rings. The van der Waals surface area contributed by atoms with Gasteiger partial charge in [0.1, 0.15) is 0 Å². The number of benzene rings is 2. The van der Waals surface area contributed by atoms with Crippen LogP contribution in [0.4, 0.5) is 0 Å². The molecule has 0 aromatic heterocycles. The lowest BCUT2D eigenvalue weighted by Crippen LogP contribution is -1.85. The first-order valence-corrected chi connectivity index (χ1v) is 7.26. The Hall–Kier alpha value is -2.88. The van der Waals surface area contributed by atoms with Crippen molar-refractivity contribution in [2.75, 3.05) is 0 Å². The van der Waals surface area contributed by atoms with Gasteiger partial charge in [0.25, 0.3) is 0 Å². The second-order valence-electron chi connectivity index (χ2n) is 4.97. The first-order chi connectivity index (χ1) is 11.3. The van der Waals surface area contributed by atoms with Gasteiger partial charge in [0.15, 0.2) is 0 Å². The fourth-order valence-electron chi connectivity index (χ4n) is 2.03. The highest BCUT2D eigenvalue weighted by Gasteiger charge is 2.13. The molecule has 23 heavy (non-hydrogen) atoms. The summed E-state index contributed by atoms with van der Waals surface area (Å²) < 4.78 is 0. The summed E-state index contributed by atoms with van der Waals surface area (Å²) in [5.41, 5.74) is 3.76. The van der Waals surface area contributed by atoms with Gasteiger partial charge >= 0.3 is 0 Å². The van der Waals surface area contributed by atoms with Gasteiger partial charge in [-0.1, -0.05) is 29.6 Å². The minimum atomic E-state index is 0.864. The molecule has 0 heteroatoms. The Balaban J connectivity index is 1.67. The third-order valence-electron chi connectivity index (χ3n) is 3.30. The Labute approximate surface area is 138 Å². The van der Waals surface area contributed by atoms with Crippen LogP contribution in [0.1, 0.15) is 22.3 Å². The lowest BCUT2D eigenvalue weighted by atomic mass is 10.1. The van der Waals surface area contributed by atoms with Gasteiger partial charge in [-0.3, -0.25) is 0 Å². The van der Waals surface area contributed by atoms with Crippen LogP contribution in [0.2, 0.25) is 0 Å². The lowest BCUT2D eigenvalue weighted by molar-refractivity contribution is 1.43. The summed E-state index contributed by atoms with van der Waals surface area (Å²) in [4.78, 5) is 0. The minimum Gasteiger partial charge on any atom is -0.115 e. The highest BCUT2D eigenvalue weighted by Crippen LogP contribution is 2.21. The standard InChI is InChI=1S/C23H13/c1-2-19-7-9-21(10-8-19)13-14-23-17-15-22(16-18-23)12-11-20-5-3-4-6-20/h1,3-10,15-18H. The molecule has 1 aliphatic rings. The van der Waals surface area contributed by atoms with Crippen LogP contribution >= 0.6 is 0 Å². The molecule has 1 fully saturated rings. The van der Waals surface area contributed by atoms with Gasteiger partial charge in [0.05, 0.1) is 5.92 Å². The van der Waals surface area contributed by atoms with Crippen molar-refractivity contribution < 1.29 is 0 Å². The third kappa shape index (κ3) is 4.30. The van der Waals surface area contributed by atoms with Gasteiger partial charge in [-0.25, -0.2) is 0 Å². The molecule has 1 saturated carbocycles. The molecule has 2 aromatic carbocycles. The van der Waals surface area contributed by atoms with Crippen LogP contribution in [0, 0.1) is 67.6 Å². The quantitative estimate of drug-likeness (QED) is 0.647. The van der Waals surface area contributed by atoms with Gasteiger partial charge in [-0.05, 0) is 74.2 Å². The molecule has 105 valence electrons. The van der Waals surface area contributed by atoms with Crippen molar-refractivity contribution in [1.82, 2.24) is 0 Å². The van der Waals surface area contributed by atoms with Crippen LogP contribution in [0.5, 0.6) is 0 Å². The van der Waals surface area contributed by atoms with E-state index in [1.54, 1.807) is 0 Å². The van der Waals surface area contributed by atoms with E-state index in [9.17, 15) is 0 Å². The molecule has 3 rings (SSSR count). The third-order valence-corrected chi connectivity index (χ3v) is 3.30. The van der Waals surface area contributed by atoms with E-state index in [-0.39, 0.29) is 0 Å². The van der Waals surface area contributed by atoms with E-state index in [1.807, 2.05) is 74.2 Å². The number of terminal acetylenes is 1. The maximum absolute atomic E-state index is 5.34. The average molecular weight is 289 g/mol. The molecule has 0 aliphatic heterocycles. The molecular formula is C23H13. The molecular weight excluding hydrogens is 276 g/mol. The van der Waals surface area contributed by atoms with Crippen LogP contribution in [0.3, 0.4) is 0 Å².